The molecule has 0 amide bonds. The molecule has 0 spiro atoms. The van der Waals surface area contributed by atoms with Gasteiger partial charge in [0.2, 0.25) is 0 Å². The first-order valence-corrected chi connectivity index (χ1v) is 9.14. The predicted molar refractivity (Wildman–Crippen MR) is 83.9 cm³/mol. The van der Waals surface area contributed by atoms with Crippen LogP contribution >= 0.6 is 0 Å². The molecular weight excluding hydrogens is 270 g/mol. The van der Waals surface area contributed by atoms with Crippen LogP contribution in [0.25, 0.3) is 0 Å². The van der Waals surface area contributed by atoms with Gasteiger partial charge in [0, 0.05) is 18.0 Å². The Balaban J connectivity index is 2.21. The van der Waals surface area contributed by atoms with Crippen molar-refractivity contribution in [3.63, 3.8) is 0 Å². The molecule has 0 saturated heterocycles. The van der Waals surface area contributed by atoms with E-state index in [2.05, 4.69) is 19.2 Å². The van der Waals surface area contributed by atoms with Crippen molar-refractivity contribution in [1.29, 1.82) is 0 Å². The zero-order chi connectivity index (χ0) is 15.0. The molecule has 1 unspecified atom stereocenters. The van der Waals surface area contributed by atoms with Gasteiger partial charge in [-0.25, -0.2) is 8.42 Å². The van der Waals surface area contributed by atoms with E-state index in [1.807, 2.05) is 13.0 Å². The van der Waals surface area contributed by atoms with Gasteiger partial charge in [-0.2, -0.15) is 0 Å². The van der Waals surface area contributed by atoms with Crippen LogP contribution < -0.4 is 5.32 Å². The summed E-state index contributed by atoms with van der Waals surface area (Å²) in [6.07, 6.45) is 6.05. The summed E-state index contributed by atoms with van der Waals surface area (Å²) in [6.45, 7) is 6.63. The van der Waals surface area contributed by atoms with Crippen LogP contribution in [0.3, 0.4) is 0 Å². The Bertz CT molecular complexity index is 590. The van der Waals surface area contributed by atoms with Gasteiger partial charge >= 0.3 is 0 Å². The minimum atomic E-state index is -3.15. The first-order chi connectivity index (χ1) is 9.17. The highest BCUT2D eigenvalue weighted by molar-refractivity contribution is 7.90. The average molecular weight is 295 g/mol. The normalized spacial score (nSPS) is 22.5. The molecule has 0 heterocycles. The van der Waals surface area contributed by atoms with Crippen molar-refractivity contribution >= 4 is 15.5 Å². The number of hydrogen-bond donors (Lipinski definition) is 1. The summed E-state index contributed by atoms with van der Waals surface area (Å²) < 4.78 is 23.3. The summed E-state index contributed by atoms with van der Waals surface area (Å²) in [5.74, 6) is 0. The van der Waals surface area contributed by atoms with E-state index in [4.69, 9.17) is 0 Å². The number of benzene rings is 1. The molecule has 1 saturated carbocycles. The Morgan fingerprint density at radius 1 is 1.30 bits per heavy atom. The third kappa shape index (κ3) is 3.75. The lowest BCUT2D eigenvalue weighted by Gasteiger charge is -2.36. The summed E-state index contributed by atoms with van der Waals surface area (Å²) in [7, 11) is -3.15. The van der Waals surface area contributed by atoms with Gasteiger partial charge in [0.25, 0.3) is 0 Å². The highest BCUT2D eigenvalue weighted by atomic mass is 32.2. The van der Waals surface area contributed by atoms with Crippen molar-refractivity contribution in [2.24, 2.45) is 5.41 Å². The number of rotatable bonds is 3. The number of nitrogens with one attached hydrogen (secondary N) is 1. The molecular formula is C16H25NO2S. The number of aryl methyl sites for hydroxylation is 1. The zero-order valence-corrected chi connectivity index (χ0v) is 13.7. The average Bonchev–Trinajstić information content (AvgIpc) is 2.29. The highest BCUT2D eigenvalue weighted by Gasteiger charge is 2.28. The lowest BCUT2D eigenvalue weighted by molar-refractivity contribution is 0.229. The summed E-state index contributed by atoms with van der Waals surface area (Å²) in [6, 6.07) is 5.77. The van der Waals surface area contributed by atoms with Crippen LogP contribution in [0.4, 0.5) is 5.69 Å². The number of hydrogen-bond acceptors (Lipinski definition) is 3. The van der Waals surface area contributed by atoms with E-state index in [9.17, 15) is 8.42 Å². The highest BCUT2D eigenvalue weighted by Crippen LogP contribution is 2.36. The first-order valence-electron chi connectivity index (χ1n) is 7.25. The van der Waals surface area contributed by atoms with E-state index >= 15 is 0 Å². The third-order valence-electron chi connectivity index (χ3n) is 4.20. The second kappa shape index (κ2) is 5.40. The molecule has 1 aliphatic rings. The topological polar surface area (TPSA) is 46.2 Å². The Morgan fingerprint density at radius 2 is 2.00 bits per heavy atom. The molecule has 20 heavy (non-hydrogen) atoms. The van der Waals surface area contributed by atoms with Gasteiger partial charge in [-0.05, 0) is 49.3 Å². The van der Waals surface area contributed by atoms with E-state index < -0.39 is 9.84 Å². The number of anilines is 1. The van der Waals surface area contributed by atoms with Crippen LogP contribution in [-0.2, 0) is 9.84 Å². The largest absolute Gasteiger partial charge is 0.382 e. The smallest absolute Gasteiger partial charge is 0.175 e. The van der Waals surface area contributed by atoms with Gasteiger partial charge < -0.3 is 5.32 Å². The van der Waals surface area contributed by atoms with Crippen LogP contribution in [0.5, 0.6) is 0 Å². The summed E-state index contributed by atoms with van der Waals surface area (Å²) in [5.41, 5.74) is 2.43. The van der Waals surface area contributed by atoms with Gasteiger partial charge in [0.15, 0.2) is 9.84 Å². The van der Waals surface area contributed by atoms with Gasteiger partial charge in [-0.1, -0.05) is 26.3 Å². The standard InChI is InChI=1S/C16H25NO2S/c1-12-7-8-14(20(4,18)19)10-15(12)17-13-6-5-9-16(2,3)11-13/h7-8,10,13,17H,5-6,9,11H2,1-4H3. The molecule has 0 aliphatic heterocycles. The lowest BCUT2D eigenvalue weighted by Crippen LogP contribution is -2.32. The maximum absolute atomic E-state index is 11.7. The van der Waals surface area contributed by atoms with Crippen LogP contribution in [0, 0.1) is 12.3 Å². The van der Waals surface area contributed by atoms with Crippen molar-refractivity contribution in [2.75, 3.05) is 11.6 Å². The number of sulfone groups is 1. The summed E-state index contributed by atoms with van der Waals surface area (Å²) >= 11 is 0. The van der Waals surface area contributed by atoms with Crippen LogP contribution in [0.1, 0.15) is 45.1 Å². The molecule has 0 aromatic heterocycles. The maximum Gasteiger partial charge on any atom is 0.175 e. The molecule has 112 valence electrons. The summed E-state index contributed by atoms with van der Waals surface area (Å²) in [4.78, 5) is 0.390. The molecule has 3 nitrogen and oxygen atoms in total. The Labute approximate surface area is 122 Å². The molecule has 0 radical (unpaired) electrons. The molecule has 2 rings (SSSR count). The third-order valence-corrected chi connectivity index (χ3v) is 5.31. The fourth-order valence-corrected chi connectivity index (χ4v) is 3.68. The zero-order valence-electron chi connectivity index (χ0n) is 12.9. The Morgan fingerprint density at radius 3 is 2.60 bits per heavy atom. The summed E-state index contributed by atoms with van der Waals surface area (Å²) in [5, 5.41) is 3.55. The van der Waals surface area contributed by atoms with Crippen molar-refractivity contribution in [3.05, 3.63) is 23.8 Å². The predicted octanol–water partition coefficient (Wildman–Crippen LogP) is 3.78. The Hall–Kier alpha value is -1.03. The molecule has 1 fully saturated rings. The van der Waals surface area contributed by atoms with E-state index in [0.717, 1.165) is 24.1 Å². The molecule has 4 heteroatoms. The minimum Gasteiger partial charge on any atom is -0.382 e. The van der Waals surface area contributed by atoms with E-state index in [1.165, 1.54) is 19.1 Å². The molecule has 1 atom stereocenters. The van der Waals surface area contributed by atoms with E-state index in [1.54, 1.807) is 12.1 Å². The van der Waals surface area contributed by atoms with Crippen molar-refractivity contribution in [3.8, 4) is 0 Å². The van der Waals surface area contributed by atoms with E-state index in [-0.39, 0.29) is 0 Å². The molecule has 0 bridgehead atoms. The second-order valence-electron chi connectivity index (χ2n) is 6.85. The monoisotopic (exact) mass is 295 g/mol. The fraction of sp³-hybridized carbons (Fsp3) is 0.625. The lowest BCUT2D eigenvalue weighted by atomic mass is 9.75. The Kier molecular flexibility index (Phi) is 4.14. The van der Waals surface area contributed by atoms with Crippen LogP contribution in [-0.4, -0.2) is 20.7 Å². The van der Waals surface area contributed by atoms with Gasteiger partial charge in [0.1, 0.15) is 0 Å². The first kappa shape index (κ1) is 15.4. The van der Waals surface area contributed by atoms with Crippen molar-refractivity contribution in [2.45, 2.75) is 57.4 Å². The SMILES string of the molecule is Cc1ccc(S(C)(=O)=O)cc1NC1CCCC(C)(C)C1. The van der Waals surface area contributed by atoms with Crippen molar-refractivity contribution < 1.29 is 8.42 Å². The fourth-order valence-electron chi connectivity index (χ4n) is 3.03. The van der Waals surface area contributed by atoms with Crippen molar-refractivity contribution in [1.82, 2.24) is 0 Å². The molecule has 1 aromatic rings. The molecule has 1 aliphatic carbocycles. The van der Waals surface area contributed by atoms with Gasteiger partial charge in [-0.15, -0.1) is 0 Å². The quantitative estimate of drug-likeness (QED) is 0.923. The van der Waals surface area contributed by atoms with Crippen LogP contribution in [0.2, 0.25) is 0 Å². The second-order valence-corrected chi connectivity index (χ2v) is 8.87. The molecule has 1 N–H and O–H groups in total. The van der Waals surface area contributed by atoms with Gasteiger partial charge in [-0.3, -0.25) is 0 Å². The van der Waals surface area contributed by atoms with Gasteiger partial charge in [0.05, 0.1) is 4.90 Å². The van der Waals surface area contributed by atoms with Crippen LogP contribution in [0.15, 0.2) is 23.1 Å². The minimum absolute atomic E-state index is 0.373. The molecule has 1 aromatic carbocycles. The van der Waals surface area contributed by atoms with E-state index in [0.29, 0.717) is 16.4 Å². The maximum atomic E-state index is 11.7.